The van der Waals surface area contributed by atoms with Gasteiger partial charge in [-0.3, -0.25) is 0 Å². The van der Waals surface area contributed by atoms with Crippen LogP contribution in [0.1, 0.15) is 92.9 Å². The molecule has 0 aliphatic heterocycles. The molecule has 5 rings (SSSR count). The van der Waals surface area contributed by atoms with Crippen LogP contribution in [0.5, 0.6) is 11.5 Å². The first-order valence-electron chi connectivity index (χ1n) is 17.1. The van der Waals surface area contributed by atoms with Gasteiger partial charge < -0.3 is 9.47 Å². The highest BCUT2D eigenvalue weighted by atomic mass is 16.5. The number of aromatic nitrogens is 2. The zero-order valence-corrected chi connectivity index (χ0v) is 27.9. The summed E-state index contributed by atoms with van der Waals surface area (Å²) in [4.78, 5) is 10.4. The summed E-state index contributed by atoms with van der Waals surface area (Å²) >= 11 is 0. The molecule has 234 valence electrons. The number of rotatable bonds is 16. The SMILES string of the molecule is CC(C)CCC[C@H](C)CCOc1cc2nc3c4ccccc4c4ccccc4c3nc2cc1OCC[C@@H](C)CCCC(C)C. The predicted molar refractivity (Wildman–Crippen MR) is 188 cm³/mol. The molecule has 0 aliphatic carbocycles. The van der Waals surface area contributed by atoms with E-state index in [0.29, 0.717) is 25.0 Å². The molecule has 0 bridgehead atoms. The maximum absolute atomic E-state index is 6.47. The van der Waals surface area contributed by atoms with E-state index in [2.05, 4.69) is 102 Å². The molecule has 2 atom stereocenters. The standard InChI is InChI=1S/C40H52N2O2/c1-27(2)13-11-15-29(5)21-23-43-37-25-35-36(26-38(37)44-24-22-30(6)16-12-14-28(3)4)42-40-34-20-10-8-18-32(34)31-17-7-9-19-33(31)39(40)41-35/h7-10,17-20,25-30H,11-16,21-24H2,1-6H3/t29-,30-/m0/s1. The molecular weight excluding hydrogens is 540 g/mol. The van der Waals surface area contributed by atoms with E-state index in [0.717, 1.165) is 69.0 Å². The van der Waals surface area contributed by atoms with Crippen LogP contribution in [0.4, 0.5) is 0 Å². The van der Waals surface area contributed by atoms with Gasteiger partial charge in [0.15, 0.2) is 11.5 Å². The summed E-state index contributed by atoms with van der Waals surface area (Å²) in [5.74, 6) is 4.35. The fourth-order valence-corrected chi connectivity index (χ4v) is 6.29. The van der Waals surface area contributed by atoms with Crippen LogP contribution in [0.15, 0.2) is 60.7 Å². The number of fused-ring (bicyclic) bond motifs is 7. The van der Waals surface area contributed by atoms with Gasteiger partial charge in [0, 0.05) is 22.9 Å². The Morgan fingerprint density at radius 3 is 1.27 bits per heavy atom. The van der Waals surface area contributed by atoms with E-state index in [4.69, 9.17) is 19.4 Å². The second-order valence-electron chi connectivity index (χ2n) is 13.9. The van der Waals surface area contributed by atoms with Crippen LogP contribution in [0.3, 0.4) is 0 Å². The van der Waals surface area contributed by atoms with E-state index in [9.17, 15) is 0 Å². The second kappa shape index (κ2) is 15.1. The second-order valence-corrected chi connectivity index (χ2v) is 13.9. The predicted octanol–water partition coefficient (Wildman–Crippen LogP) is 11.6. The zero-order valence-electron chi connectivity index (χ0n) is 27.9. The van der Waals surface area contributed by atoms with Crippen molar-refractivity contribution in [2.24, 2.45) is 23.7 Å². The molecule has 4 heteroatoms. The van der Waals surface area contributed by atoms with Crippen LogP contribution < -0.4 is 9.47 Å². The maximum Gasteiger partial charge on any atom is 0.163 e. The molecule has 44 heavy (non-hydrogen) atoms. The lowest BCUT2D eigenvalue weighted by Gasteiger charge is -2.18. The summed E-state index contributed by atoms with van der Waals surface area (Å²) in [6.45, 7) is 15.2. The minimum Gasteiger partial charge on any atom is -0.490 e. The number of benzene rings is 4. The van der Waals surface area contributed by atoms with Gasteiger partial charge in [0.05, 0.1) is 35.3 Å². The molecule has 0 saturated carbocycles. The monoisotopic (exact) mass is 592 g/mol. The Balaban J connectivity index is 1.43. The van der Waals surface area contributed by atoms with Crippen molar-refractivity contribution in [1.29, 1.82) is 0 Å². The highest BCUT2D eigenvalue weighted by Crippen LogP contribution is 2.37. The van der Waals surface area contributed by atoms with Gasteiger partial charge in [-0.25, -0.2) is 9.97 Å². The number of hydrogen-bond donors (Lipinski definition) is 0. The minimum absolute atomic E-state index is 0.633. The Morgan fingerprint density at radius 1 is 0.500 bits per heavy atom. The third kappa shape index (κ3) is 8.00. The van der Waals surface area contributed by atoms with Gasteiger partial charge in [-0.1, -0.05) is 129 Å². The van der Waals surface area contributed by atoms with Crippen molar-refractivity contribution in [2.45, 2.75) is 92.9 Å². The van der Waals surface area contributed by atoms with E-state index < -0.39 is 0 Å². The van der Waals surface area contributed by atoms with Crippen molar-refractivity contribution in [2.75, 3.05) is 13.2 Å². The Bertz CT molecular complexity index is 1550. The van der Waals surface area contributed by atoms with Gasteiger partial charge in [0.1, 0.15) is 0 Å². The van der Waals surface area contributed by atoms with Crippen molar-refractivity contribution in [3.63, 3.8) is 0 Å². The molecule has 0 saturated heterocycles. The van der Waals surface area contributed by atoms with E-state index in [1.807, 2.05) is 0 Å². The molecule has 0 aliphatic rings. The van der Waals surface area contributed by atoms with E-state index in [1.54, 1.807) is 0 Å². The van der Waals surface area contributed by atoms with Crippen LogP contribution in [-0.4, -0.2) is 23.2 Å². The normalized spacial score (nSPS) is 13.5. The molecule has 0 radical (unpaired) electrons. The summed E-state index contributed by atoms with van der Waals surface area (Å²) in [6.07, 6.45) is 9.70. The van der Waals surface area contributed by atoms with E-state index in [-0.39, 0.29) is 0 Å². The highest BCUT2D eigenvalue weighted by molar-refractivity contribution is 6.23. The van der Waals surface area contributed by atoms with Crippen molar-refractivity contribution in [1.82, 2.24) is 9.97 Å². The van der Waals surface area contributed by atoms with Gasteiger partial charge in [-0.15, -0.1) is 0 Å². The molecule has 1 aromatic heterocycles. The van der Waals surface area contributed by atoms with E-state index >= 15 is 0 Å². The van der Waals surface area contributed by atoms with Crippen LogP contribution in [0.2, 0.25) is 0 Å². The largest absolute Gasteiger partial charge is 0.490 e. The average Bonchev–Trinajstić information content (AvgIpc) is 3.00. The van der Waals surface area contributed by atoms with Gasteiger partial charge >= 0.3 is 0 Å². The summed E-state index contributed by atoms with van der Waals surface area (Å²) < 4.78 is 12.9. The van der Waals surface area contributed by atoms with Crippen molar-refractivity contribution in [3.05, 3.63) is 60.7 Å². The smallest absolute Gasteiger partial charge is 0.163 e. The lowest BCUT2D eigenvalue weighted by molar-refractivity contribution is 0.237. The Kier molecular flexibility index (Phi) is 11.0. The Morgan fingerprint density at radius 2 is 0.886 bits per heavy atom. The summed E-state index contributed by atoms with van der Waals surface area (Å²) in [5.41, 5.74) is 3.54. The minimum atomic E-state index is 0.633. The van der Waals surface area contributed by atoms with Crippen LogP contribution in [0, 0.1) is 23.7 Å². The first-order chi connectivity index (χ1) is 21.3. The third-order valence-electron chi connectivity index (χ3n) is 9.08. The molecule has 0 N–H and O–H groups in total. The fraction of sp³-hybridized carbons (Fsp3) is 0.500. The average molecular weight is 593 g/mol. The molecule has 0 fully saturated rings. The first kappa shape index (κ1) is 32.0. The summed E-state index contributed by atoms with van der Waals surface area (Å²) in [6, 6.07) is 21.1. The van der Waals surface area contributed by atoms with E-state index in [1.165, 1.54) is 49.3 Å². The molecular formula is C40H52N2O2. The van der Waals surface area contributed by atoms with Crippen molar-refractivity contribution < 1.29 is 9.47 Å². The summed E-state index contributed by atoms with van der Waals surface area (Å²) in [5, 5.41) is 4.66. The molecule has 0 unspecified atom stereocenters. The topological polar surface area (TPSA) is 44.2 Å². The molecule has 0 amide bonds. The van der Waals surface area contributed by atoms with Crippen molar-refractivity contribution >= 4 is 43.6 Å². The fourth-order valence-electron chi connectivity index (χ4n) is 6.29. The Hall–Kier alpha value is -3.40. The molecule has 4 aromatic carbocycles. The first-order valence-corrected chi connectivity index (χ1v) is 17.1. The molecule has 5 aromatic rings. The van der Waals surface area contributed by atoms with Gasteiger partial charge in [0.2, 0.25) is 0 Å². The lowest BCUT2D eigenvalue weighted by atomic mass is 9.97. The highest BCUT2D eigenvalue weighted by Gasteiger charge is 2.16. The van der Waals surface area contributed by atoms with Crippen LogP contribution in [-0.2, 0) is 0 Å². The van der Waals surface area contributed by atoms with Gasteiger partial charge in [-0.2, -0.15) is 0 Å². The van der Waals surface area contributed by atoms with Crippen molar-refractivity contribution in [3.8, 4) is 11.5 Å². The Labute approximate surface area is 264 Å². The number of ether oxygens (including phenoxy) is 2. The number of nitrogens with zero attached hydrogens (tertiary/aromatic N) is 2. The van der Waals surface area contributed by atoms with Gasteiger partial charge in [-0.05, 0) is 47.3 Å². The quantitative estimate of drug-likeness (QED) is 0.0844. The number of hydrogen-bond acceptors (Lipinski definition) is 4. The molecule has 0 spiro atoms. The van der Waals surface area contributed by atoms with Crippen LogP contribution >= 0.6 is 0 Å². The summed E-state index contributed by atoms with van der Waals surface area (Å²) in [7, 11) is 0. The molecule has 4 nitrogen and oxygen atoms in total. The molecule has 1 heterocycles. The van der Waals surface area contributed by atoms with Gasteiger partial charge in [0.25, 0.3) is 0 Å². The lowest BCUT2D eigenvalue weighted by Crippen LogP contribution is -2.08. The zero-order chi connectivity index (χ0) is 31.1. The third-order valence-corrected chi connectivity index (χ3v) is 9.08. The maximum atomic E-state index is 6.47. The van der Waals surface area contributed by atoms with Crippen LogP contribution in [0.25, 0.3) is 43.6 Å².